The van der Waals surface area contributed by atoms with E-state index < -0.39 is 0 Å². The third-order valence-electron chi connectivity index (χ3n) is 3.07. The maximum Gasteiger partial charge on any atom is 0.244 e. The zero-order chi connectivity index (χ0) is 16.1. The lowest BCUT2D eigenvalue weighted by Crippen LogP contribution is -2.31. The molecule has 0 aliphatic heterocycles. The lowest BCUT2D eigenvalue weighted by atomic mass is 10.1. The zero-order valence-electron chi connectivity index (χ0n) is 13.0. The smallest absolute Gasteiger partial charge is 0.244 e. The van der Waals surface area contributed by atoms with E-state index in [4.69, 9.17) is 5.84 Å². The topological polar surface area (TPSA) is 85.8 Å². The second-order valence-corrected chi connectivity index (χ2v) is 6.48. The fraction of sp³-hybridized carbons (Fsp3) is 0.400. The van der Waals surface area contributed by atoms with Crippen molar-refractivity contribution in [2.45, 2.75) is 32.5 Å². The van der Waals surface area contributed by atoms with Gasteiger partial charge in [-0.25, -0.2) is 5.84 Å². The number of hydrogen-bond acceptors (Lipinski definition) is 5. The maximum atomic E-state index is 11.3. The van der Waals surface area contributed by atoms with Crippen molar-refractivity contribution in [1.82, 2.24) is 20.2 Å². The van der Waals surface area contributed by atoms with Crippen molar-refractivity contribution >= 4 is 17.7 Å². The molecule has 118 valence electrons. The Hall–Kier alpha value is -1.86. The number of aromatic nitrogens is 3. The number of thioether (sulfide) groups is 1. The Morgan fingerprint density at radius 1 is 1.32 bits per heavy atom. The van der Waals surface area contributed by atoms with E-state index in [9.17, 15) is 4.79 Å². The lowest BCUT2D eigenvalue weighted by Gasteiger charge is -2.12. The van der Waals surface area contributed by atoms with Crippen LogP contribution in [-0.4, -0.2) is 26.4 Å². The Balaban J connectivity index is 2.31. The minimum absolute atomic E-state index is 0.223. The Kier molecular flexibility index (Phi) is 5.57. The van der Waals surface area contributed by atoms with Gasteiger partial charge in [0.1, 0.15) is 0 Å². The van der Waals surface area contributed by atoms with Crippen LogP contribution in [0.1, 0.15) is 19.4 Å². The SMILES string of the molecule is Cc1ccc(-c2nnc(SCC(=O)NN)n2CC(C)C)cc1. The molecule has 0 bridgehead atoms. The summed E-state index contributed by atoms with van der Waals surface area (Å²) in [6.07, 6.45) is 0. The third-order valence-corrected chi connectivity index (χ3v) is 4.03. The van der Waals surface area contributed by atoms with Crippen molar-refractivity contribution in [3.63, 3.8) is 0 Å². The van der Waals surface area contributed by atoms with Crippen molar-refractivity contribution in [2.24, 2.45) is 11.8 Å². The summed E-state index contributed by atoms with van der Waals surface area (Å²) < 4.78 is 2.06. The number of nitrogens with one attached hydrogen (secondary N) is 1. The normalized spacial score (nSPS) is 11.0. The van der Waals surface area contributed by atoms with E-state index >= 15 is 0 Å². The van der Waals surface area contributed by atoms with Crippen LogP contribution in [0.4, 0.5) is 0 Å². The number of amides is 1. The molecule has 2 rings (SSSR count). The number of benzene rings is 1. The van der Waals surface area contributed by atoms with Crippen LogP contribution in [0.25, 0.3) is 11.4 Å². The van der Waals surface area contributed by atoms with Gasteiger partial charge in [0.25, 0.3) is 0 Å². The minimum atomic E-state index is -0.235. The van der Waals surface area contributed by atoms with Gasteiger partial charge in [-0.3, -0.25) is 10.2 Å². The molecule has 1 heterocycles. The summed E-state index contributed by atoms with van der Waals surface area (Å²) in [6, 6.07) is 8.19. The minimum Gasteiger partial charge on any atom is -0.302 e. The number of nitrogens with two attached hydrogens (primary N) is 1. The van der Waals surface area contributed by atoms with E-state index in [-0.39, 0.29) is 11.7 Å². The van der Waals surface area contributed by atoms with Gasteiger partial charge in [0.05, 0.1) is 5.75 Å². The third kappa shape index (κ3) is 4.08. The average Bonchev–Trinajstić information content (AvgIpc) is 2.87. The molecule has 0 aliphatic carbocycles. The molecule has 2 aromatic rings. The molecule has 0 fully saturated rings. The molecule has 0 atom stereocenters. The molecule has 0 aliphatic rings. The van der Waals surface area contributed by atoms with Crippen LogP contribution >= 0.6 is 11.8 Å². The molecule has 0 saturated heterocycles. The molecule has 1 amide bonds. The number of carbonyl (C=O) groups is 1. The fourth-order valence-electron chi connectivity index (χ4n) is 2.01. The van der Waals surface area contributed by atoms with Gasteiger partial charge in [0, 0.05) is 12.1 Å². The largest absolute Gasteiger partial charge is 0.302 e. The molecule has 3 N–H and O–H groups in total. The van der Waals surface area contributed by atoms with Gasteiger partial charge in [-0.15, -0.1) is 10.2 Å². The van der Waals surface area contributed by atoms with Crippen LogP contribution < -0.4 is 11.3 Å². The van der Waals surface area contributed by atoms with Crippen LogP contribution in [-0.2, 0) is 11.3 Å². The van der Waals surface area contributed by atoms with Crippen molar-refractivity contribution in [3.8, 4) is 11.4 Å². The number of hydrazine groups is 1. The fourth-order valence-corrected chi connectivity index (χ4v) is 2.77. The number of nitrogens with zero attached hydrogens (tertiary/aromatic N) is 3. The first kappa shape index (κ1) is 16.5. The van der Waals surface area contributed by atoms with Crippen molar-refractivity contribution < 1.29 is 4.79 Å². The number of carbonyl (C=O) groups excluding carboxylic acids is 1. The second-order valence-electron chi connectivity index (χ2n) is 5.53. The summed E-state index contributed by atoms with van der Waals surface area (Å²) in [5.74, 6) is 6.37. The highest BCUT2D eigenvalue weighted by Gasteiger charge is 2.16. The molecule has 7 heteroatoms. The van der Waals surface area contributed by atoms with E-state index in [0.29, 0.717) is 5.92 Å². The van der Waals surface area contributed by atoms with Crippen LogP contribution in [0.2, 0.25) is 0 Å². The molecular formula is C15H21N5OS. The van der Waals surface area contributed by atoms with Gasteiger partial charge in [-0.1, -0.05) is 55.4 Å². The summed E-state index contributed by atoms with van der Waals surface area (Å²) in [6.45, 7) is 7.12. The number of hydrogen-bond donors (Lipinski definition) is 2. The quantitative estimate of drug-likeness (QED) is 0.368. The molecular weight excluding hydrogens is 298 g/mol. The summed E-state index contributed by atoms with van der Waals surface area (Å²) in [5, 5.41) is 9.26. The van der Waals surface area contributed by atoms with Crippen LogP contribution in [0.5, 0.6) is 0 Å². The Labute approximate surface area is 134 Å². The average molecular weight is 319 g/mol. The molecule has 6 nitrogen and oxygen atoms in total. The van der Waals surface area contributed by atoms with Crippen LogP contribution in [0.15, 0.2) is 29.4 Å². The first-order valence-corrected chi connectivity index (χ1v) is 8.12. The lowest BCUT2D eigenvalue weighted by molar-refractivity contribution is -0.118. The standard InChI is InChI=1S/C15H21N5OS/c1-10(2)8-20-14(12-6-4-11(3)5-7-12)18-19-15(20)22-9-13(21)17-16/h4-7,10H,8-9,16H2,1-3H3,(H,17,21). The first-order chi connectivity index (χ1) is 10.5. The van der Waals surface area contributed by atoms with Gasteiger partial charge in [0.2, 0.25) is 5.91 Å². The van der Waals surface area contributed by atoms with Crippen molar-refractivity contribution in [3.05, 3.63) is 29.8 Å². The molecule has 0 radical (unpaired) electrons. The highest BCUT2D eigenvalue weighted by atomic mass is 32.2. The van der Waals surface area contributed by atoms with E-state index in [1.165, 1.54) is 17.3 Å². The highest BCUT2D eigenvalue weighted by molar-refractivity contribution is 7.99. The Morgan fingerprint density at radius 3 is 2.59 bits per heavy atom. The molecule has 0 spiro atoms. The molecule has 22 heavy (non-hydrogen) atoms. The Morgan fingerprint density at radius 2 is 2.00 bits per heavy atom. The van der Waals surface area contributed by atoms with Gasteiger partial charge >= 0.3 is 0 Å². The summed E-state index contributed by atoms with van der Waals surface area (Å²) >= 11 is 1.34. The first-order valence-electron chi connectivity index (χ1n) is 7.13. The molecule has 1 aromatic carbocycles. The second kappa shape index (κ2) is 7.42. The zero-order valence-corrected chi connectivity index (χ0v) is 13.9. The van der Waals surface area contributed by atoms with Gasteiger partial charge < -0.3 is 4.57 Å². The number of aryl methyl sites for hydroxylation is 1. The summed E-state index contributed by atoms with van der Waals surface area (Å²) in [7, 11) is 0. The predicted octanol–water partition coefficient (Wildman–Crippen LogP) is 1.99. The van der Waals surface area contributed by atoms with E-state index in [0.717, 1.165) is 23.1 Å². The van der Waals surface area contributed by atoms with Crippen molar-refractivity contribution in [2.75, 3.05) is 5.75 Å². The molecule has 0 saturated carbocycles. The molecule has 0 unspecified atom stereocenters. The maximum absolute atomic E-state index is 11.3. The van der Waals surface area contributed by atoms with E-state index in [1.807, 2.05) is 12.1 Å². The number of rotatable bonds is 6. The monoisotopic (exact) mass is 319 g/mol. The van der Waals surface area contributed by atoms with Gasteiger partial charge in [-0.2, -0.15) is 0 Å². The van der Waals surface area contributed by atoms with E-state index in [1.54, 1.807) is 0 Å². The van der Waals surface area contributed by atoms with Crippen molar-refractivity contribution in [1.29, 1.82) is 0 Å². The van der Waals surface area contributed by atoms with E-state index in [2.05, 4.69) is 53.1 Å². The summed E-state index contributed by atoms with van der Waals surface area (Å²) in [4.78, 5) is 11.3. The highest BCUT2D eigenvalue weighted by Crippen LogP contribution is 2.25. The van der Waals surface area contributed by atoms with Gasteiger partial charge in [0.15, 0.2) is 11.0 Å². The van der Waals surface area contributed by atoms with Gasteiger partial charge in [-0.05, 0) is 12.8 Å². The van der Waals surface area contributed by atoms with Crippen LogP contribution in [0, 0.1) is 12.8 Å². The Bertz CT molecular complexity index is 636. The molecule has 1 aromatic heterocycles. The van der Waals surface area contributed by atoms with Crippen LogP contribution in [0.3, 0.4) is 0 Å². The summed E-state index contributed by atoms with van der Waals surface area (Å²) in [5.41, 5.74) is 4.35. The predicted molar refractivity (Wildman–Crippen MR) is 88.1 cm³/mol.